The number of benzene rings is 3. The molecule has 0 saturated heterocycles. The van der Waals surface area contributed by atoms with Crippen molar-refractivity contribution < 1.29 is 18.8 Å². The molecule has 2 heterocycles. The van der Waals surface area contributed by atoms with Crippen LogP contribution in [-0.4, -0.2) is 39.8 Å². The standard InChI is InChI=1S/C28H25N5O4/c1-18-5-4-6-21(13-18)27(34)30-22-10-7-19(8-11-22)15-33-16-23(29-17-33)28-31-26(32-37-28)20-9-12-24(35-2)25(14-20)36-3/h4-14,16-17H,15H2,1-3H3,(H,30,34). The first-order valence-corrected chi connectivity index (χ1v) is 11.6. The number of nitrogens with one attached hydrogen (secondary N) is 1. The second-order valence-corrected chi connectivity index (χ2v) is 8.44. The van der Waals surface area contributed by atoms with E-state index in [1.165, 1.54) is 0 Å². The fourth-order valence-corrected chi connectivity index (χ4v) is 3.87. The maximum absolute atomic E-state index is 12.5. The molecule has 0 aliphatic carbocycles. The lowest BCUT2D eigenvalue weighted by Gasteiger charge is -2.08. The lowest BCUT2D eigenvalue weighted by molar-refractivity contribution is 0.102. The van der Waals surface area contributed by atoms with Gasteiger partial charge in [-0.1, -0.05) is 35.0 Å². The minimum atomic E-state index is -0.136. The second kappa shape index (κ2) is 10.4. The molecule has 0 aliphatic heterocycles. The number of amides is 1. The summed E-state index contributed by atoms with van der Waals surface area (Å²) in [7, 11) is 3.16. The molecule has 0 fully saturated rings. The average molecular weight is 496 g/mol. The van der Waals surface area contributed by atoms with E-state index >= 15 is 0 Å². The Balaban J connectivity index is 1.24. The van der Waals surface area contributed by atoms with Crippen LogP contribution in [0.3, 0.4) is 0 Å². The van der Waals surface area contributed by atoms with Gasteiger partial charge in [-0.15, -0.1) is 0 Å². The lowest BCUT2D eigenvalue weighted by atomic mass is 10.1. The summed E-state index contributed by atoms with van der Waals surface area (Å²) in [5.74, 6) is 1.81. The van der Waals surface area contributed by atoms with Crippen LogP contribution in [0.2, 0.25) is 0 Å². The molecule has 2 aromatic heterocycles. The topological polar surface area (TPSA) is 104 Å². The van der Waals surface area contributed by atoms with Gasteiger partial charge in [0.15, 0.2) is 11.5 Å². The third-order valence-electron chi connectivity index (χ3n) is 5.78. The summed E-state index contributed by atoms with van der Waals surface area (Å²) in [5, 5.41) is 7.01. The van der Waals surface area contributed by atoms with E-state index in [4.69, 9.17) is 14.0 Å². The molecule has 0 unspecified atom stereocenters. The van der Waals surface area contributed by atoms with Crippen LogP contribution in [0.15, 0.2) is 83.8 Å². The number of hydrogen-bond donors (Lipinski definition) is 1. The zero-order valence-corrected chi connectivity index (χ0v) is 20.6. The Morgan fingerprint density at radius 2 is 1.81 bits per heavy atom. The number of carbonyl (C=O) groups is 1. The van der Waals surface area contributed by atoms with E-state index in [0.29, 0.717) is 41.0 Å². The summed E-state index contributed by atoms with van der Waals surface area (Å²) in [6, 6.07) is 20.6. The zero-order chi connectivity index (χ0) is 25.8. The van der Waals surface area contributed by atoms with Crippen molar-refractivity contribution in [3.05, 3.63) is 95.9 Å². The van der Waals surface area contributed by atoms with Crippen LogP contribution in [0.4, 0.5) is 5.69 Å². The number of ether oxygens (including phenoxy) is 2. The van der Waals surface area contributed by atoms with E-state index < -0.39 is 0 Å². The largest absolute Gasteiger partial charge is 0.493 e. The highest BCUT2D eigenvalue weighted by Gasteiger charge is 2.15. The maximum Gasteiger partial charge on any atom is 0.278 e. The maximum atomic E-state index is 12.5. The fraction of sp³-hybridized carbons (Fsp3) is 0.143. The molecule has 5 aromatic rings. The van der Waals surface area contributed by atoms with Crippen LogP contribution in [0, 0.1) is 6.92 Å². The molecular formula is C28H25N5O4. The highest BCUT2D eigenvalue weighted by atomic mass is 16.5. The third kappa shape index (κ3) is 5.35. The van der Waals surface area contributed by atoms with Crippen molar-refractivity contribution in [2.75, 3.05) is 19.5 Å². The van der Waals surface area contributed by atoms with Crippen molar-refractivity contribution in [1.29, 1.82) is 0 Å². The Hall–Kier alpha value is -4.92. The smallest absolute Gasteiger partial charge is 0.278 e. The van der Waals surface area contributed by atoms with Crippen LogP contribution in [0.25, 0.3) is 23.0 Å². The monoisotopic (exact) mass is 495 g/mol. The molecule has 0 bridgehead atoms. The van der Waals surface area contributed by atoms with Crippen LogP contribution in [0.1, 0.15) is 21.5 Å². The number of rotatable bonds is 8. The zero-order valence-electron chi connectivity index (χ0n) is 20.6. The van der Waals surface area contributed by atoms with Gasteiger partial charge < -0.3 is 23.9 Å². The molecule has 9 nitrogen and oxygen atoms in total. The molecule has 3 aromatic carbocycles. The lowest BCUT2D eigenvalue weighted by Crippen LogP contribution is -2.12. The van der Waals surface area contributed by atoms with E-state index in [0.717, 1.165) is 22.4 Å². The molecule has 5 rings (SSSR count). The number of nitrogens with zero attached hydrogens (tertiary/aromatic N) is 4. The molecule has 0 spiro atoms. The van der Waals surface area contributed by atoms with E-state index in [2.05, 4.69) is 20.4 Å². The van der Waals surface area contributed by atoms with Crippen molar-refractivity contribution in [3.63, 3.8) is 0 Å². The Bertz CT molecular complexity index is 1540. The molecule has 0 radical (unpaired) electrons. The normalized spacial score (nSPS) is 10.8. The van der Waals surface area contributed by atoms with Gasteiger partial charge in [-0.2, -0.15) is 4.98 Å². The molecule has 186 valence electrons. The van der Waals surface area contributed by atoms with Crippen molar-refractivity contribution in [2.45, 2.75) is 13.5 Å². The molecule has 0 saturated carbocycles. The van der Waals surface area contributed by atoms with Gasteiger partial charge in [0, 0.05) is 29.6 Å². The van der Waals surface area contributed by atoms with Gasteiger partial charge in [-0.05, 0) is 55.0 Å². The van der Waals surface area contributed by atoms with Crippen LogP contribution in [0.5, 0.6) is 11.5 Å². The number of anilines is 1. The first-order chi connectivity index (χ1) is 18.0. The number of methoxy groups -OCH3 is 2. The van der Waals surface area contributed by atoms with Gasteiger partial charge in [-0.25, -0.2) is 4.98 Å². The average Bonchev–Trinajstić information content (AvgIpc) is 3.59. The Morgan fingerprint density at radius 3 is 2.57 bits per heavy atom. The van der Waals surface area contributed by atoms with E-state index in [-0.39, 0.29) is 5.91 Å². The summed E-state index contributed by atoms with van der Waals surface area (Å²) in [4.78, 5) is 21.4. The van der Waals surface area contributed by atoms with Gasteiger partial charge in [-0.3, -0.25) is 4.79 Å². The number of hydrogen-bond acceptors (Lipinski definition) is 7. The van der Waals surface area contributed by atoms with Crippen molar-refractivity contribution >= 4 is 11.6 Å². The summed E-state index contributed by atoms with van der Waals surface area (Å²) in [6.07, 6.45) is 3.56. The Morgan fingerprint density at radius 1 is 1.00 bits per heavy atom. The Kier molecular flexibility index (Phi) is 6.67. The van der Waals surface area contributed by atoms with Gasteiger partial charge in [0.1, 0.15) is 5.69 Å². The number of aromatic nitrogens is 4. The molecule has 37 heavy (non-hydrogen) atoms. The van der Waals surface area contributed by atoms with Crippen molar-refractivity contribution in [3.8, 4) is 34.5 Å². The quantitative estimate of drug-likeness (QED) is 0.314. The summed E-state index contributed by atoms with van der Waals surface area (Å²) < 4.78 is 18.0. The summed E-state index contributed by atoms with van der Waals surface area (Å²) >= 11 is 0. The minimum absolute atomic E-state index is 0.136. The van der Waals surface area contributed by atoms with Gasteiger partial charge in [0.2, 0.25) is 5.82 Å². The van der Waals surface area contributed by atoms with Gasteiger partial charge in [0.05, 0.1) is 20.5 Å². The first kappa shape index (κ1) is 23.8. The predicted octanol–water partition coefficient (Wildman–Crippen LogP) is 5.23. The van der Waals surface area contributed by atoms with Gasteiger partial charge in [0.25, 0.3) is 11.8 Å². The summed E-state index contributed by atoms with van der Waals surface area (Å²) in [5.41, 5.74) is 4.76. The van der Waals surface area contributed by atoms with Crippen LogP contribution < -0.4 is 14.8 Å². The molecule has 9 heteroatoms. The predicted molar refractivity (Wildman–Crippen MR) is 139 cm³/mol. The number of aryl methyl sites for hydroxylation is 1. The minimum Gasteiger partial charge on any atom is -0.493 e. The van der Waals surface area contributed by atoms with Crippen molar-refractivity contribution in [2.24, 2.45) is 0 Å². The summed E-state index contributed by atoms with van der Waals surface area (Å²) in [6.45, 7) is 2.55. The highest BCUT2D eigenvalue weighted by Crippen LogP contribution is 2.31. The van der Waals surface area contributed by atoms with Crippen LogP contribution in [-0.2, 0) is 6.54 Å². The van der Waals surface area contributed by atoms with E-state index in [1.807, 2.05) is 66.2 Å². The molecule has 1 N–H and O–H groups in total. The molecule has 0 atom stereocenters. The fourth-order valence-electron chi connectivity index (χ4n) is 3.87. The molecule has 1 amide bonds. The number of imidazole rings is 1. The molecular weight excluding hydrogens is 470 g/mol. The highest BCUT2D eigenvalue weighted by molar-refractivity contribution is 6.04. The second-order valence-electron chi connectivity index (χ2n) is 8.44. The van der Waals surface area contributed by atoms with Gasteiger partial charge >= 0.3 is 0 Å². The third-order valence-corrected chi connectivity index (χ3v) is 5.78. The SMILES string of the molecule is COc1ccc(-c2noc(-c3cn(Cc4ccc(NC(=O)c5cccc(C)c5)cc4)cn3)n2)cc1OC. The van der Waals surface area contributed by atoms with E-state index in [9.17, 15) is 4.79 Å². The first-order valence-electron chi connectivity index (χ1n) is 11.6. The molecule has 0 aliphatic rings. The van der Waals surface area contributed by atoms with Crippen LogP contribution >= 0.6 is 0 Å². The van der Waals surface area contributed by atoms with E-state index in [1.54, 1.807) is 38.7 Å². The number of carbonyl (C=O) groups excluding carboxylic acids is 1. The van der Waals surface area contributed by atoms with Crippen molar-refractivity contribution in [1.82, 2.24) is 19.7 Å². The Labute approximate surface area is 213 Å².